The quantitative estimate of drug-likeness (QED) is 0.670. The summed E-state index contributed by atoms with van der Waals surface area (Å²) >= 11 is 0. The van der Waals surface area contributed by atoms with Gasteiger partial charge in [-0.25, -0.2) is 0 Å². The van der Waals surface area contributed by atoms with E-state index in [-0.39, 0.29) is 12.5 Å². The molecular weight excluding hydrogens is 394 g/mol. The highest BCUT2D eigenvalue weighted by Crippen LogP contribution is 2.23. The van der Waals surface area contributed by atoms with Crippen molar-refractivity contribution in [1.29, 1.82) is 0 Å². The topological polar surface area (TPSA) is 81.0 Å². The SMILES string of the molecule is CN1CCN(N=Cc2ccc(C3=NOC(CN4CCC(CC(=O)O)CC4)C3)cc2)CC1. The van der Waals surface area contributed by atoms with Crippen LogP contribution in [0.1, 0.15) is 36.8 Å². The lowest BCUT2D eigenvalue weighted by atomic mass is 9.93. The predicted molar refractivity (Wildman–Crippen MR) is 121 cm³/mol. The van der Waals surface area contributed by atoms with E-state index in [4.69, 9.17) is 9.94 Å². The van der Waals surface area contributed by atoms with Crippen LogP contribution >= 0.6 is 0 Å². The van der Waals surface area contributed by atoms with E-state index in [1.54, 1.807) is 0 Å². The Hall–Kier alpha value is -2.45. The van der Waals surface area contributed by atoms with Gasteiger partial charge in [0.15, 0.2) is 0 Å². The Kier molecular flexibility index (Phi) is 7.19. The normalized spacial score (nSPS) is 23.8. The summed E-state index contributed by atoms with van der Waals surface area (Å²) in [5.74, 6) is -0.379. The van der Waals surface area contributed by atoms with Crippen LogP contribution in [-0.4, -0.2) is 96.8 Å². The number of hydrogen-bond acceptors (Lipinski definition) is 7. The van der Waals surface area contributed by atoms with E-state index < -0.39 is 5.97 Å². The Morgan fingerprint density at radius 1 is 1.16 bits per heavy atom. The molecule has 1 aromatic rings. The van der Waals surface area contributed by atoms with Crippen LogP contribution in [0.25, 0.3) is 0 Å². The fraction of sp³-hybridized carbons (Fsp3) is 0.609. The van der Waals surface area contributed by atoms with Crippen LogP contribution in [0.15, 0.2) is 34.5 Å². The fourth-order valence-electron chi connectivity index (χ4n) is 4.43. The number of oxime groups is 1. The minimum absolute atomic E-state index is 0.0736. The standard InChI is InChI=1S/C23H33N5O3/c1-26-10-12-28(13-11-26)24-16-19-2-4-20(5-3-19)22-15-21(31-25-22)17-27-8-6-18(7-9-27)14-23(29)30/h2-5,16,18,21H,6-15,17H2,1H3,(H,29,30). The molecule has 1 atom stereocenters. The maximum absolute atomic E-state index is 10.9. The number of aliphatic carboxylic acids is 1. The number of hydrazone groups is 1. The summed E-state index contributed by atoms with van der Waals surface area (Å²) in [6.45, 7) is 6.77. The molecule has 0 spiro atoms. The molecule has 0 amide bonds. The van der Waals surface area contributed by atoms with Crippen molar-refractivity contribution in [3.05, 3.63) is 35.4 Å². The number of benzene rings is 1. The smallest absolute Gasteiger partial charge is 0.303 e. The van der Waals surface area contributed by atoms with Crippen molar-refractivity contribution in [3.63, 3.8) is 0 Å². The number of nitrogens with zero attached hydrogens (tertiary/aromatic N) is 5. The van der Waals surface area contributed by atoms with Crippen molar-refractivity contribution in [2.75, 3.05) is 52.9 Å². The van der Waals surface area contributed by atoms with Crippen LogP contribution in [-0.2, 0) is 9.63 Å². The first-order chi connectivity index (χ1) is 15.0. The van der Waals surface area contributed by atoms with Crippen LogP contribution in [0.3, 0.4) is 0 Å². The summed E-state index contributed by atoms with van der Waals surface area (Å²) in [4.78, 5) is 21.3. The molecule has 0 bridgehead atoms. The average molecular weight is 428 g/mol. The average Bonchev–Trinajstić information content (AvgIpc) is 3.23. The number of likely N-dealkylation sites (tertiary alicyclic amines) is 1. The first kappa shape index (κ1) is 21.8. The van der Waals surface area contributed by atoms with E-state index in [1.165, 1.54) is 0 Å². The molecule has 0 saturated carbocycles. The van der Waals surface area contributed by atoms with Crippen LogP contribution in [0.4, 0.5) is 0 Å². The van der Waals surface area contributed by atoms with Gasteiger partial charge in [0.25, 0.3) is 0 Å². The largest absolute Gasteiger partial charge is 0.481 e. The fourth-order valence-corrected chi connectivity index (χ4v) is 4.43. The van der Waals surface area contributed by atoms with Gasteiger partial charge in [-0.05, 0) is 50.0 Å². The first-order valence-electron chi connectivity index (χ1n) is 11.3. The van der Waals surface area contributed by atoms with E-state index in [0.717, 1.165) is 81.9 Å². The zero-order valence-corrected chi connectivity index (χ0v) is 18.3. The summed E-state index contributed by atoms with van der Waals surface area (Å²) in [7, 11) is 2.14. The van der Waals surface area contributed by atoms with Gasteiger partial charge in [-0.2, -0.15) is 5.10 Å². The molecule has 1 unspecified atom stereocenters. The second-order valence-electron chi connectivity index (χ2n) is 8.93. The highest BCUT2D eigenvalue weighted by atomic mass is 16.6. The lowest BCUT2D eigenvalue weighted by Crippen LogP contribution is -2.41. The molecule has 0 radical (unpaired) electrons. The summed E-state index contributed by atoms with van der Waals surface area (Å²) in [5, 5.41) is 20.0. The highest BCUT2D eigenvalue weighted by Gasteiger charge is 2.27. The molecule has 8 nitrogen and oxygen atoms in total. The van der Waals surface area contributed by atoms with E-state index in [0.29, 0.717) is 5.92 Å². The number of carbonyl (C=O) groups is 1. The zero-order chi connectivity index (χ0) is 21.6. The molecule has 3 aliphatic rings. The van der Waals surface area contributed by atoms with Crippen molar-refractivity contribution >= 4 is 17.9 Å². The molecule has 3 heterocycles. The maximum atomic E-state index is 10.9. The second-order valence-corrected chi connectivity index (χ2v) is 8.93. The van der Waals surface area contributed by atoms with E-state index in [1.807, 2.05) is 6.21 Å². The molecule has 168 valence electrons. The number of rotatable bonds is 7. The third-order valence-electron chi connectivity index (χ3n) is 6.46. The number of carboxylic acids is 1. The number of hydrogen-bond donors (Lipinski definition) is 1. The Morgan fingerprint density at radius 3 is 2.55 bits per heavy atom. The third-order valence-corrected chi connectivity index (χ3v) is 6.46. The Morgan fingerprint density at radius 2 is 1.87 bits per heavy atom. The Balaban J connectivity index is 1.22. The monoisotopic (exact) mass is 427 g/mol. The van der Waals surface area contributed by atoms with Crippen LogP contribution in [0, 0.1) is 5.92 Å². The summed E-state index contributed by atoms with van der Waals surface area (Å²) in [5.41, 5.74) is 3.18. The molecule has 4 rings (SSSR count). The molecule has 0 aromatic heterocycles. The molecule has 0 aliphatic carbocycles. The molecule has 8 heteroatoms. The molecule has 1 N–H and O–H groups in total. The van der Waals surface area contributed by atoms with Crippen molar-refractivity contribution < 1.29 is 14.7 Å². The lowest BCUT2D eigenvalue weighted by molar-refractivity contribution is -0.138. The van der Waals surface area contributed by atoms with Gasteiger partial charge in [-0.3, -0.25) is 14.7 Å². The number of carboxylic acid groups (broad SMARTS) is 1. The van der Waals surface area contributed by atoms with Gasteiger partial charge in [0.05, 0.1) is 11.9 Å². The number of piperazine rings is 1. The van der Waals surface area contributed by atoms with Gasteiger partial charge in [-0.15, -0.1) is 0 Å². The van der Waals surface area contributed by atoms with Gasteiger partial charge in [0.2, 0.25) is 0 Å². The summed E-state index contributed by atoms with van der Waals surface area (Å²) in [6.07, 6.45) is 5.00. The molecule has 2 fully saturated rings. The summed E-state index contributed by atoms with van der Waals surface area (Å²) in [6, 6.07) is 8.34. The van der Waals surface area contributed by atoms with Crippen LogP contribution < -0.4 is 0 Å². The maximum Gasteiger partial charge on any atom is 0.303 e. The lowest BCUT2D eigenvalue weighted by Gasteiger charge is -2.32. The Labute approximate surface area is 184 Å². The molecule has 3 aliphatic heterocycles. The zero-order valence-electron chi connectivity index (χ0n) is 18.3. The first-order valence-corrected chi connectivity index (χ1v) is 11.3. The Bertz CT molecular complexity index is 794. The van der Waals surface area contributed by atoms with Crippen molar-refractivity contribution in [2.24, 2.45) is 16.2 Å². The second kappa shape index (κ2) is 10.2. The van der Waals surface area contributed by atoms with Gasteiger partial charge in [0.1, 0.15) is 6.10 Å². The van der Waals surface area contributed by atoms with Gasteiger partial charge in [0, 0.05) is 45.6 Å². The van der Waals surface area contributed by atoms with Crippen LogP contribution in [0.5, 0.6) is 0 Å². The number of likely N-dealkylation sites (N-methyl/N-ethyl adjacent to an activating group) is 1. The number of piperidine rings is 1. The van der Waals surface area contributed by atoms with Gasteiger partial charge >= 0.3 is 5.97 Å². The van der Waals surface area contributed by atoms with E-state index in [2.05, 4.69) is 56.4 Å². The predicted octanol–water partition coefficient (Wildman–Crippen LogP) is 1.95. The van der Waals surface area contributed by atoms with Gasteiger partial charge in [-0.1, -0.05) is 29.4 Å². The van der Waals surface area contributed by atoms with Crippen LogP contribution in [0.2, 0.25) is 0 Å². The molecule has 31 heavy (non-hydrogen) atoms. The van der Waals surface area contributed by atoms with E-state index >= 15 is 0 Å². The van der Waals surface area contributed by atoms with Gasteiger partial charge < -0.3 is 14.8 Å². The summed E-state index contributed by atoms with van der Waals surface area (Å²) < 4.78 is 0. The van der Waals surface area contributed by atoms with Crippen molar-refractivity contribution in [1.82, 2.24) is 14.8 Å². The van der Waals surface area contributed by atoms with Crippen molar-refractivity contribution in [3.8, 4) is 0 Å². The van der Waals surface area contributed by atoms with E-state index in [9.17, 15) is 4.79 Å². The molecule has 1 aromatic carbocycles. The molecule has 2 saturated heterocycles. The minimum atomic E-state index is -0.688. The van der Waals surface area contributed by atoms with Crippen molar-refractivity contribution in [2.45, 2.75) is 31.8 Å². The highest BCUT2D eigenvalue weighted by molar-refractivity contribution is 6.01. The third kappa shape index (κ3) is 6.27. The molecular formula is C23H33N5O3. The minimum Gasteiger partial charge on any atom is -0.481 e.